The maximum atomic E-state index is 11.4. The molecule has 0 bridgehead atoms. The lowest BCUT2D eigenvalue weighted by Crippen LogP contribution is -2.22. The van der Waals surface area contributed by atoms with Gasteiger partial charge in [-0.3, -0.25) is 9.59 Å². The van der Waals surface area contributed by atoms with E-state index in [1.54, 1.807) is 19.1 Å². The Morgan fingerprint density at radius 2 is 1.70 bits per heavy atom. The molecule has 0 aliphatic carbocycles. The van der Waals surface area contributed by atoms with E-state index in [2.05, 4.69) is 20.8 Å². The van der Waals surface area contributed by atoms with Crippen LogP contribution < -0.4 is 0 Å². The zero-order chi connectivity index (χ0) is 17.6. The van der Waals surface area contributed by atoms with Crippen LogP contribution in [0.15, 0.2) is 24.3 Å². The van der Waals surface area contributed by atoms with Crippen LogP contribution in [-0.4, -0.2) is 28.3 Å². The summed E-state index contributed by atoms with van der Waals surface area (Å²) in [6.45, 7) is 8.21. The van der Waals surface area contributed by atoms with Gasteiger partial charge in [0, 0.05) is 0 Å². The fourth-order valence-electron chi connectivity index (χ4n) is 2.66. The molecule has 5 nitrogen and oxygen atoms in total. The Balaban J connectivity index is 2.67. The Labute approximate surface area is 137 Å². The van der Waals surface area contributed by atoms with Crippen LogP contribution in [0.25, 0.3) is 0 Å². The van der Waals surface area contributed by atoms with Crippen LogP contribution in [0.1, 0.15) is 58.4 Å². The number of benzene rings is 1. The molecule has 1 rings (SSSR count). The second kappa shape index (κ2) is 7.99. The highest BCUT2D eigenvalue weighted by atomic mass is 16.5. The van der Waals surface area contributed by atoms with E-state index < -0.39 is 18.4 Å². The van der Waals surface area contributed by atoms with E-state index in [1.807, 2.05) is 12.1 Å². The normalized spacial score (nSPS) is 14.1. The number of hydrogen-bond acceptors (Lipinski definition) is 4. The van der Waals surface area contributed by atoms with Gasteiger partial charge >= 0.3 is 11.9 Å². The summed E-state index contributed by atoms with van der Waals surface area (Å²) in [7, 11) is 0. The Morgan fingerprint density at radius 3 is 2.17 bits per heavy atom. The van der Waals surface area contributed by atoms with Gasteiger partial charge in [-0.25, -0.2) is 0 Å². The van der Waals surface area contributed by atoms with Gasteiger partial charge in [0.2, 0.25) is 0 Å². The first-order chi connectivity index (χ1) is 10.6. The van der Waals surface area contributed by atoms with E-state index in [0.29, 0.717) is 6.42 Å². The smallest absolute Gasteiger partial charge is 0.317 e. The van der Waals surface area contributed by atoms with Gasteiger partial charge in [-0.05, 0) is 48.8 Å². The SMILES string of the molecule is CC(CCC(c1ccc(O)cc1)C(C)(C)C)OC(=O)CC(=O)O. The molecule has 0 saturated heterocycles. The summed E-state index contributed by atoms with van der Waals surface area (Å²) in [5.74, 6) is -1.41. The third-order valence-corrected chi connectivity index (χ3v) is 3.83. The van der Waals surface area contributed by atoms with Crippen LogP contribution in [0.2, 0.25) is 0 Å². The van der Waals surface area contributed by atoms with Crippen LogP contribution in [0.4, 0.5) is 0 Å². The molecule has 1 aromatic carbocycles. The Hall–Kier alpha value is -2.04. The number of carboxylic acid groups (broad SMARTS) is 1. The van der Waals surface area contributed by atoms with Gasteiger partial charge in [0.25, 0.3) is 0 Å². The summed E-state index contributed by atoms with van der Waals surface area (Å²) in [5, 5.41) is 18.0. The topological polar surface area (TPSA) is 83.8 Å². The standard InChI is InChI=1S/C18H26O5/c1-12(23-17(22)11-16(20)21)5-10-15(18(2,3)4)13-6-8-14(19)9-7-13/h6-9,12,15,19H,5,10-11H2,1-4H3,(H,20,21). The average molecular weight is 322 g/mol. The van der Waals surface area contributed by atoms with Gasteiger partial charge in [-0.15, -0.1) is 0 Å². The molecule has 0 aromatic heterocycles. The van der Waals surface area contributed by atoms with Crippen LogP contribution in [0.3, 0.4) is 0 Å². The van der Waals surface area contributed by atoms with Gasteiger partial charge in [0.1, 0.15) is 12.2 Å². The number of phenols is 1. The molecule has 2 atom stereocenters. The molecule has 0 aliphatic heterocycles. The summed E-state index contributed by atoms with van der Waals surface area (Å²) in [6.07, 6.45) is 0.512. The van der Waals surface area contributed by atoms with Crippen molar-refractivity contribution >= 4 is 11.9 Å². The van der Waals surface area contributed by atoms with Crippen molar-refractivity contribution in [3.05, 3.63) is 29.8 Å². The third-order valence-electron chi connectivity index (χ3n) is 3.83. The number of rotatable bonds is 7. The molecule has 0 spiro atoms. The summed E-state index contributed by atoms with van der Waals surface area (Å²) in [5.41, 5.74) is 1.14. The average Bonchev–Trinajstić information content (AvgIpc) is 2.38. The molecule has 0 amide bonds. The Bertz CT molecular complexity index is 527. The van der Waals surface area contributed by atoms with Crippen molar-refractivity contribution < 1.29 is 24.5 Å². The Kier molecular flexibility index (Phi) is 6.61. The molecule has 128 valence electrons. The van der Waals surface area contributed by atoms with Crippen molar-refractivity contribution in [3.63, 3.8) is 0 Å². The van der Waals surface area contributed by atoms with Gasteiger partial charge < -0.3 is 14.9 Å². The minimum Gasteiger partial charge on any atom is -0.508 e. The first-order valence-corrected chi connectivity index (χ1v) is 7.79. The van der Waals surface area contributed by atoms with Crippen LogP contribution in [0.5, 0.6) is 5.75 Å². The van der Waals surface area contributed by atoms with Gasteiger partial charge in [0.05, 0.1) is 6.10 Å². The lowest BCUT2D eigenvalue weighted by molar-refractivity contribution is -0.154. The zero-order valence-corrected chi connectivity index (χ0v) is 14.2. The predicted molar refractivity (Wildman–Crippen MR) is 87.3 cm³/mol. The number of aromatic hydroxyl groups is 1. The van der Waals surface area contributed by atoms with Crippen LogP contribution in [0, 0.1) is 5.41 Å². The van der Waals surface area contributed by atoms with Crippen molar-refractivity contribution in [3.8, 4) is 5.75 Å². The van der Waals surface area contributed by atoms with E-state index in [9.17, 15) is 14.7 Å². The van der Waals surface area contributed by atoms with Gasteiger partial charge in [-0.2, -0.15) is 0 Å². The van der Waals surface area contributed by atoms with Gasteiger partial charge in [0.15, 0.2) is 0 Å². The van der Waals surface area contributed by atoms with Gasteiger partial charge in [-0.1, -0.05) is 32.9 Å². The molecule has 5 heteroatoms. The first-order valence-electron chi connectivity index (χ1n) is 7.79. The molecule has 1 aromatic rings. The van der Waals surface area contributed by atoms with Crippen molar-refractivity contribution in [1.29, 1.82) is 0 Å². The van der Waals surface area contributed by atoms with E-state index in [0.717, 1.165) is 12.0 Å². The third kappa shape index (κ3) is 6.72. The number of carboxylic acids is 1. The molecule has 0 fully saturated rings. The lowest BCUT2D eigenvalue weighted by Gasteiger charge is -2.32. The first kappa shape index (κ1) is 19.0. The monoisotopic (exact) mass is 322 g/mol. The maximum absolute atomic E-state index is 11.4. The molecular formula is C18H26O5. The minimum atomic E-state index is -1.18. The summed E-state index contributed by atoms with van der Waals surface area (Å²) in [6, 6.07) is 7.16. The number of carbonyl (C=O) groups excluding carboxylic acids is 1. The molecule has 0 radical (unpaired) electrons. The summed E-state index contributed by atoms with van der Waals surface area (Å²) in [4.78, 5) is 21.9. The van der Waals surface area contributed by atoms with E-state index >= 15 is 0 Å². The van der Waals surface area contributed by atoms with Crippen LogP contribution in [-0.2, 0) is 14.3 Å². The molecule has 23 heavy (non-hydrogen) atoms. The minimum absolute atomic E-state index is 0.0156. The number of ether oxygens (including phenoxy) is 1. The fraction of sp³-hybridized carbons (Fsp3) is 0.556. The quantitative estimate of drug-likeness (QED) is 0.590. The second-order valence-electron chi connectivity index (χ2n) is 6.96. The number of phenolic OH excluding ortho intramolecular Hbond substituents is 1. The molecular weight excluding hydrogens is 296 g/mol. The molecule has 2 N–H and O–H groups in total. The number of carbonyl (C=O) groups is 2. The van der Waals surface area contributed by atoms with Crippen LogP contribution >= 0.6 is 0 Å². The van der Waals surface area contributed by atoms with E-state index in [-0.39, 0.29) is 23.2 Å². The van der Waals surface area contributed by atoms with E-state index in [4.69, 9.17) is 9.84 Å². The van der Waals surface area contributed by atoms with Crippen molar-refractivity contribution in [1.82, 2.24) is 0 Å². The predicted octanol–water partition coefficient (Wildman–Crippen LogP) is 3.71. The number of aliphatic carboxylic acids is 1. The molecule has 0 saturated carbocycles. The molecule has 2 unspecified atom stereocenters. The second-order valence-corrected chi connectivity index (χ2v) is 6.96. The van der Waals surface area contributed by atoms with Crippen molar-refractivity contribution in [2.24, 2.45) is 5.41 Å². The molecule has 0 aliphatic rings. The Morgan fingerprint density at radius 1 is 1.13 bits per heavy atom. The highest BCUT2D eigenvalue weighted by Crippen LogP contribution is 2.39. The van der Waals surface area contributed by atoms with Crippen molar-refractivity contribution in [2.75, 3.05) is 0 Å². The highest BCUT2D eigenvalue weighted by Gasteiger charge is 2.27. The zero-order valence-electron chi connectivity index (χ0n) is 14.2. The number of hydrogen-bond donors (Lipinski definition) is 2. The summed E-state index contributed by atoms with van der Waals surface area (Å²) < 4.78 is 5.12. The summed E-state index contributed by atoms with van der Waals surface area (Å²) >= 11 is 0. The van der Waals surface area contributed by atoms with Crippen molar-refractivity contribution in [2.45, 2.75) is 59.0 Å². The lowest BCUT2D eigenvalue weighted by atomic mass is 9.74. The molecule has 0 heterocycles. The highest BCUT2D eigenvalue weighted by molar-refractivity contribution is 5.90. The fourth-order valence-corrected chi connectivity index (χ4v) is 2.66. The largest absolute Gasteiger partial charge is 0.508 e. The number of esters is 1. The van der Waals surface area contributed by atoms with E-state index in [1.165, 1.54) is 0 Å². The maximum Gasteiger partial charge on any atom is 0.317 e.